The molecule has 66 valence electrons. The molecule has 13 heavy (non-hydrogen) atoms. The SMILES string of the molecule is Cc1cc(C)c(C#CC=O)c(C)c1. The van der Waals surface area contributed by atoms with Crippen molar-refractivity contribution >= 4 is 6.29 Å². The molecular weight excluding hydrogens is 160 g/mol. The first-order valence-electron chi connectivity index (χ1n) is 4.18. The Balaban J connectivity index is 3.28. The van der Waals surface area contributed by atoms with Crippen LogP contribution in [0, 0.1) is 32.6 Å². The minimum absolute atomic E-state index is 0.624. The van der Waals surface area contributed by atoms with Crippen molar-refractivity contribution in [3.8, 4) is 11.8 Å². The molecule has 1 rings (SSSR count). The summed E-state index contributed by atoms with van der Waals surface area (Å²) in [5, 5.41) is 0. The Labute approximate surface area is 78.8 Å². The highest BCUT2D eigenvalue weighted by Gasteiger charge is 1.99. The average molecular weight is 172 g/mol. The second-order valence-electron chi connectivity index (χ2n) is 3.16. The maximum atomic E-state index is 10.1. The van der Waals surface area contributed by atoms with Crippen LogP contribution in [0.4, 0.5) is 0 Å². The van der Waals surface area contributed by atoms with Gasteiger partial charge in [0.1, 0.15) is 0 Å². The van der Waals surface area contributed by atoms with Crippen LogP contribution in [-0.4, -0.2) is 6.29 Å². The summed E-state index contributed by atoms with van der Waals surface area (Å²) < 4.78 is 0. The van der Waals surface area contributed by atoms with E-state index in [9.17, 15) is 4.79 Å². The number of carbonyl (C=O) groups is 1. The zero-order chi connectivity index (χ0) is 9.84. The molecule has 0 aliphatic heterocycles. The van der Waals surface area contributed by atoms with Gasteiger partial charge in [-0.05, 0) is 37.8 Å². The monoisotopic (exact) mass is 172 g/mol. The first-order chi connectivity index (χ1) is 6.15. The molecule has 0 radical (unpaired) electrons. The molecule has 1 nitrogen and oxygen atoms in total. The van der Waals surface area contributed by atoms with E-state index in [2.05, 4.69) is 30.9 Å². The Morgan fingerprint density at radius 1 is 1.15 bits per heavy atom. The van der Waals surface area contributed by atoms with Gasteiger partial charge in [0.15, 0.2) is 6.29 Å². The molecule has 0 unspecified atom stereocenters. The first-order valence-corrected chi connectivity index (χ1v) is 4.18. The van der Waals surface area contributed by atoms with E-state index in [1.807, 2.05) is 13.8 Å². The molecule has 0 aliphatic carbocycles. The summed E-state index contributed by atoms with van der Waals surface area (Å²) in [5.41, 5.74) is 4.46. The van der Waals surface area contributed by atoms with Crippen molar-refractivity contribution in [2.24, 2.45) is 0 Å². The summed E-state index contributed by atoms with van der Waals surface area (Å²) >= 11 is 0. The lowest BCUT2D eigenvalue weighted by molar-refractivity contribution is -0.103. The molecule has 0 atom stereocenters. The Morgan fingerprint density at radius 3 is 2.15 bits per heavy atom. The van der Waals surface area contributed by atoms with Crippen LogP contribution in [-0.2, 0) is 4.79 Å². The Kier molecular flexibility index (Phi) is 2.87. The van der Waals surface area contributed by atoms with Gasteiger partial charge in [-0.25, -0.2) is 0 Å². The molecule has 1 heteroatoms. The van der Waals surface area contributed by atoms with Crippen molar-refractivity contribution in [3.05, 3.63) is 34.4 Å². The van der Waals surface area contributed by atoms with E-state index in [4.69, 9.17) is 0 Å². The highest BCUT2D eigenvalue weighted by Crippen LogP contribution is 2.14. The number of aryl methyl sites for hydroxylation is 3. The predicted molar refractivity (Wildman–Crippen MR) is 53.6 cm³/mol. The predicted octanol–water partition coefficient (Wildman–Crippen LogP) is 2.16. The van der Waals surface area contributed by atoms with Crippen molar-refractivity contribution in [1.82, 2.24) is 0 Å². The van der Waals surface area contributed by atoms with Crippen molar-refractivity contribution in [1.29, 1.82) is 0 Å². The van der Waals surface area contributed by atoms with Crippen LogP contribution in [0.15, 0.2) is 12.1 Å². The molecule has 0 fully saturated rings. The van der Waals surface area contributed by atoms with E-state index in [0.717, 1.165) is 16.7 Å². The normalized spacial score (nSPS) is 8.85. The van der Waals surface area contributed by atoms with E-state index in [-0.39, 0.29) is 0 Å². The maximum absolute atomic E-state index is 10.1. The zero-order valence-corrected chi connectivity index (χ0v) is 8.14. The fourth-order valence-electron chi connectivity index (χ4n) is 1.48. The largest absolute Gasteiger partial charge is 0.289 e. The molecule has 0 N–H and O–H groups in total. The summed E-state index contributed by atoms with van der Waals surface area (Å²) in [6, 6.07) is 4.14. The second-order valence-corrected chi connectivity index (χ2v) is 3.16. The molecule has 0 spiro atoms. The third-order valence-electron chi connectivity index (χ3n) is 1.93. The maximum Gasteiger partial charge on any atom is 0.193 e. The molecule has 1 aromatic rings. The van der Waals surface area contributed by atoms with Crippen LogP contribution in [0.25, 0.3) is 0 Å². The smallest absolute Gasteiger partial charge is 0.193 e. The molecular formula is C12H12O. The fourth-order valence-corrected chi connectivity index (χ4v) is 1.48. The molecule has 0 bridgehead atoms. The zero-order valence-electron chi connectivity index (χ0n) is 8.14. The summed E-state index contributed by atoms with van der Waals surface area (Å²) in [6.45, 7) is 6.07. The van der Waals surface area contributed by atoms with Crippen LogP contribution in [0.3, 0.4) is 0 Å². The van der Waals surface area contributed by atoms with Gasteiger partial charge in [0.25, 0.3) is 0 Å². The van der Waals surface area contributed by atoms with Crippen LogP contribution < -0.4 is 0 Å². The lowest BCUT2D eigenvalue weighted by Gasteiger charge is -2.04. The molecule has 0 saturated carbocycles. The lowest BCUT2D eigenvalue weighted by Crippen LogP contribution is -1.89. The van der Waals surface area contributed by atoms with Crippen molar-refractivity contribution in [2.75, 3.05) is 0 Å². The van der Waals surface area contributed by atoms with E-state index in [0.29, 0.717) is 6.29 Å². The highest BCUT2D eigenvalue weighted by atomic mass is 16.1. The van der Waals surface area contributed by atoms with Crippen LogP contribution >= 0.6 is 0 Å². The minimum atomic E-state index is 0.624. The Hall–Kier alpha value is -1.55. The topological polar surface area (TPSA) is 17.1 Å². The molecule has 0 aromatic heterocycles. The fraction of sp³-hybridized carbons (Fsp3) is 0.250. The van der Waals surface area contributed by atoms with Crippen LogP contribution in [0.1, 0.15) is 22.3 Å². The number of rotatable bonds is 0. The number of aldehydes is 1. The van der Waals surface area contributed by atoms with Gasteiger partial charge in [-0.15, -0.1) is 0 Å². The number of carbonyl (C=O) groups excluding carboxylic acids is 1. The van der Waals surface area contributed by atoms with E-state index >= 15 is 0 Å². The van der Waals surface area contributed by atoms with Gasteiger partial charge in [-0.1, -0.05) is 23.6 Å². The molecule has 0 amide bonds. The van der Waals surface area contributed by atoms with Crippen molar-refractivity contribution in [2.45, 2.75) is 20.8 Å². The van der Waals surface area contributed by atoms with E-state index in [1.54, 1.807) is 0 Å². The Bertz CT molecular complexity index is 368. The highest BCUT2D eigenvalue weighted by molar-refractivity contribution is 5.74. The summed E-state index contributed by atoms with van der Waals surface area (Å²) in [4.78, 5) is 10.1. The standard InChI is InChI=1S/C12H12O/c1-9-7-10(2)12(5-4-6-13)11(3)8-9/h6-8H,1-3H3. The number of hydrogen-bond donors (Lipinski definition) is 0. The van der Waals surface area contributed by atoms with Gasteiger partial charge in [0.05, 0.1) is 0 Å². The quantitative estimate of drug-likeness (QED) is 0.433. The lowest BCUT2D eigenvalue weighted by atomic mass is 10.0. The van der Waals surface area contributed by atoms with Crippen molar-refractivity contribution < 1.29 is 4.79 Å². The molecule has 0 heterocycles. The molecule has 0 aliphatic rings. The number of hydrogen-bond acceptors (Lipinski definition) is 1. The van der Waals surface area contributed by atoms with Gasteiger partial charge < -0.3 is 0 Å². The third kappa shape index (κ3) is 2.19. The van der Waals surface area contributed by atoms with Crippen LogP contribution in [0.2, 0.25) is 0 Å². The van der Waals surface area contributed by atoms with Crippen molar-refractivity contribution in [3.63, 3.8) is 0 Å². The average Bonchev–Trinajstić information content (AvgIpc) is 2.02. The minimum Gasteiger partial charge on any atom is -0.289 e. The van der Waals surface area contributed by atoms with Crippen LogP contribution in [0.5, 0.6) is 0 Å². The number of benzene rings is 1. The second kappa shape index (κ2) is 3.91. The molecule has 1 aromatic carbocycles. The van der Waals surface area contributed by atoms with Gasteiger partial charge in [-0.2, -0.15) is 0 Å². The van der Waals surface area contributed by atoms with Gasteiger partial charge in [0.2, 0.25) is 0 Å². The summed E-state index contributed by atoms with van der Waals surface area (Å²) in [7, 11) is 0. The summed E-state index contributed by atoms with van der Waals surface area (Å²) in [6.07, 6.45) is 0.624. The first kappa shape index (κ1) is 9.54. The third-order valence-corrected chi connectivity index (χ3v) is 1.93. The summed E-state index contributed by atoms with van der Waals surface area (Å²) in [5.74, 6) is 5.28. The van der Waals surface area contributed by atoms with E-state index < -0.39 is 0 Å². The molecule has 0 saturated heterocycles. The Morgan fingerprint density at radius 2 is 1.69 bits per heavy atom. The van der Waals surface area contributed by atoms with E-state index in [1.165, 1.54) is 5.56 Å². The van der Waals surface area contributed by atoms with Gasteiger partial charge >= 0.3 is 0 Å². The van der Waals surface area contributed by atoms with Gasteiger partial charge in [0, 0.05) is 5.56 Å². The van der Waals surface area contributed by atoms with Gasteiger partial charge in [-0.3, -0.25) is 4.79 Å².